The zero-order chi connectivity index (χ0) is 22.6. The van der Waals surface area contributed by atoms with Crippen LogP contribution in [0.2, 0.25) is 0 Å². The lowest BCUT2D eigenvalue weighted by molar-refractivity contribution is -0.136. The number of benzene rings is 1. The minimum Gasteiger partial charge on any atom is -0.755 e. The molecule has 10 heteroatoms. The van der Waals surface area contributed by atoms with Crippen molar-refractivity contribution >= 4 is 28.8 Å². The van der Waals surface area contributed by atoms with Gasteiger partial charge < -0.3 is 19.1 Å². The maximum Gasteiger partial charge on any atom is 0.253 e. The molecule has 1 unspecified atom stereocenters. The van der Waals surface area contributed by atoms with Crippen LogP contribution in [0.3, 0.4) is 0 Å². The molecule has 1 aromatic heterocycles. The maximum absolute atomic E-state index is 13.2. The number of hydrogen-bond acceptors (Lipinski definition) is 5. The summed E-state index contributed by atoms with van der Waals surface area (Å²) in [5.41, 5.74) is 0.382. The van der Waals surface area contributed by atoms with Gasteiger partial charge in [-0.25, -0.2) is 4.39 Å². The van der Waals surface area contributed by atoms with Crippen molar-refractivity contribution in [3.05, 3.63) is 59.7 Å². The molecule has 1 aliphatic heterocycles. The number of pyridine rings is 1. The molecule has 2 heterocycles. The molecular formula is C21H24FN4O4S-. The average Bonchev–Trinajstić information content (AvgIpc) is 2.99. The van der Waals surface area contributed by atoms with E-state index in [1.54, 1.807) is 35.8 Å². The second kappa shape index (κ2) is 9.52. The van der Waals surface area contributed by atoms with Crippen LogP contribution in [-0.4, -0.2) is 61.5 Å². The average molecular weight is 448 g/mol. The fourth-order valence-electron chi connectivity index (χ4n) is 3.53. The van der Waals surface area contributed by atoms with Gasteiger partial charge in [-0.15, -0.1) is 0 Å². The van der Waals surface area contributed by atoms with Gasteiger partial charge in [-0.3, -0.25) is 18.8 Å². The third kappa shape index (κ3) is 5.45. The standard InChI is InChI=1S/C21H25FN4O4S/c1-21(2,18-9-6-16(22)14-23-18)20(28)26-11-3-10-25(12-13-26)19(27)15-4-7-17(8-5-15)24-31(29)30/h4-9,14,24H,3,10-13H2,1-2H3,(H,29,30)/p-1. The Bertz CT molecular complexity index is 966. The normalized spacial score (nSPS) is 15.9. The number of amides is 2. The number of nitrogens with zero attached hydrogens (tertiary/aromatic N) is 3. The number of aromatic nitrogens is 1. The third-order valence-corrected chi connectivity index (χ3v) is 5.71. The summed E-state index contributed by atoms with van der Waals surface area (Å²) in [5.74, 6) is -0.758. The van der Waals surface area contributed by atoms with E-state index in [0.29, 0.717) is 49.5 Å². The quantitative estimate of drug-likeness (QED) is 0.707. The van der Waals surface area contributed by atoms with Crippen LogP contribution >= 0.6 is 0 Å². The van der Waals surface area contributed by atoms with Gasteiger partial charge in [-0.2, -0.15) is 0 Å². The Morgan fingerprint density at radius 3 is 2.32 bits per heavy atom. The molecule has 1 saturated heterocycles. The van der Waals surface area contributed by atoms with Crippen LogP contribution in [0, 0.1) is 5.82 Å². The molecule has 0 spiro atoms. The van der Waals surface area contributed by atoms with Crippen LogP contribution < -0.4 is 4.72 Å². The van der Waals surface area contributed by atoms with Crippen molar-refractivity contribution in [2.45, 2.75) is 25.7 Å². The van der Waals surface area contributed by atoms with Gasteiger partial charge in [0.2, 0.25) is 5.91 Å². The summed E-state index contributed by atoms with van der Waals surface area (Å²) >= 11 is -2.43. The van der Waals surface area contributed by atoms with Crippen LogP contribution in [-0.2, 0) is 21.5 Å². The SMILES string of the molecule is CC(C)(C(=O)N1CCCN(C(=O)c2ccc(NS(=O)[O-])cc2)CC1)c1ccc(F)cn1. The number of nitrogens with one attached hydrogen (secondary N) is 1. The summed E-state index contributed by atoms with van der Waals surface area (Å²) in [4.78, 5) is 33.5. The summed E-state index contributed by atoms with van der Waals surface area (Å²) in [5, 5.41) is 0. The molecule has 2 amide bonds. The summed E-state index contributed by atoms with van der Waals surface area (Å²) in [6, 6.07) is 8.98. The molecule has 1 fully saturated rings. The molecule has 0 aliphatic carbocycles. The van der Waals surface area contributed by atoms with Crippen molar-refractivity contribution in [2.75, 3.05) is 30.9 Å². The van der Waals surface area contributed by atoms with E-state index >= 15 is 0 Å². The van der Waals surface area contributed by atoms with Crippen LogP contribution in [0.25, 0.3) is 0 Å². The highest BCUT2D eigenvalue weighted by atomic mass is 32.2. The molecule has 0 saturated carbocycles. The Balaban J connectivity index is 1.65. The minimum absolute atomic E-state index is 0.123. The van der Waals surface area contributed by atoms with Crippen molar-refractivity contribution in [3.8, 4) is 0 Å². The van der Waals surface area contributed by atoms with Gasteiger partial charge in [-0.1, -0.05) is 0 Å². The molecule has 8 nitrogen and oxygen atoms in total. The smallest absolute Gasteiger partial charge is 0.253 e. The van der Waals surface area contributed by atoms with Gasteiger partial charge in [0, 0.05) is 48.7 Å². The molecule has 31 heavy (non-hydrogen) atoms. The van der Waals surface area contributed by atoms with Crippen molar-refractivity contribution in [3.63, 3.8) is 0 Å². The topological polar surface area (TPSA) is 106 Å². The molecule has 166 valence electrons. The second-order valence-corrected chi connectivity index (χ2v) is 8.51. The zero-order valence-electron chi connectivity index (χ0n) is 17.3. The van der Waals surface area contributed by atoms with Gasteiger partial charge >= 0.3 is 0 Å². The minimum atomic E-state index is -2.43. The third-order valence-electron chi connectivity index (χ3n) is 5.31. The van der Waals surface area contributed by atoms with E-state index in [1.807, 2.05) is 0 Å². The largest absolute Gasteiger partial charge is 0.755 e. The molecule has 1 atom stereocenters. The van der Waals surface area contributed by atoms with E-state index in [9.17, 15) is 22.7 Å². The Kier molecular flexibility index (Phi) is 7.01. The van der Waals surface area contributed by atoms with E-state index in [0.717, 1.165) is 6.20 Å². The van der Waals surface area contributed by atoms with Crippen molar-refractivity contribution < 1.29 is 22.7 Å². The molecular weight excluding hydrogens is 423 g/mol. The van der Waals surface area contributed by atoms with Gasteiger partial charge in [0.25, 0.3) is 5.91 Å². The predicted molar refractivity (Wildman–Crippen MR) is 113 cm³/mol. The summed E-state index contributed by atoms with van der Waals surface area (Å²) in [6.07, 6.45) is 1.72. The summed E-state index contributed by atoms with van der Waals surface area (Å²) in [6.45, 7) is 5.28. The highest BCUT2D eigenvalue weighted by molar-refractivity contribution is 7.80. The summed E-state index contributed by atoms with van der Waals surface area (Å²) < 4.78 is 36.8. The number of rotatable bonds is 5. The molecule has 2 aromatic rings. The Labute approximate surface area is 182 Å². The molecule has 1 aromatic carbocycles. The zero-order valence-corrected chi connectivity index (χ0v) is 18.2. The number of carbonyl (C=O) groups is 2. The van der Waals surface area contributed by atoms with Crippen LogP contribution in [0.4, 0.5) is 10.1 Å². The van der Waals surface area contributed by atoms with Crippen molar-refractivity contribution in [2.24, 2.45) is 0 Å². The number of carbonyl (C=O) groups excluding carboxylic acids is 2. The van der Waals surface area contributed by atoms with Crippen molar-refractivity contribution in [1.29, 1.82) is 0 Å². The van der Waals surface area contributed by atoms with Gasteiger partial charge in [0.1, 0.15) is 5.82 Å². The lowest BCUT2D eigenvalue weighted by Gasteiger charge is -2.31. The Morgan fingerprint density at radius 1 is 1.06 bits per heavy atom. The second-order valence-electron chi connectivity index (χ2n) is 7.84. The van der Waals surface area contributed by atoms with E-state index in [1.165, 1.54) is 24.3 Å². The Morgan fingerprint density at radius 2 is 1.71 bits per heavy atom. The predicted octanol–water partition coefficient (Wildman–Crippen LogP) is 2.08. The maximum atomic E-state index is 13.2. The van der Waals surface area contributed by atoms with Crippen LogP contribution in [0.1, 0.15) is 36.3 Å². The number of halogens is 1. The fraction of sp³-hybridized carbons (Fsp3) is 0.381. The van der Waals surface area contributed by atoms with Crippen LogP contribution in [0.5, 0.6) is 0 Å². The molecule has 0 radical (unpaired) electrons. The van der Waals surface area contributed by atoms with Gasteiger partial charge in [-0.05, 0) is 56.7 Å². The first-order valence-corrected chi connectivity index (χ1v) is 10.9. The lowest BCUT2D eigenvalue weighted by atomic mass is 9.87. The van der Waals surface area contributed by atoms with E-state index in [4.69, 9.17) is 0 Å². The van der Waals surface area contributed by atoms with E-state index in [2.05, 4.69) is 9.71 Å². The fourth-order valence-corrected chi connectivity index (χ4v) is 3.86. The summed E-state index contributed by atoms with van der Waals surface area (Å²) in [7, 11) is 0. The highest BCUT2D eigenvalue weighted by Crippen LogP contribution is 2.25. The highest BCUT2D eigenvalue weighted by Gasteiger charge is 2.36. The molecule has 1 N–H and O–H groups in total. The Hall–Kier alpha value is -2.85. The van der Waals surface area contributed by atoms with Crippen molar-refractivity contribution in [1.82, 2.24) is 14.8 Å². The first kappa shape index (κ1) is 22.8. The monoisotopic (exact) mass is 447 g/mol. The number of anilines is 1. The van der Waals surface area contributed by atoms with Crippen LogP contribution in [0.15, 0.2) is 42.6 Å². The lowest BCUT2D eigenvalue weighted by Crippen LogP contribution is -2.45. The molecule has 1 aliphatic rings. The molecule has 3 rings (SSSR count). The first-order chi connectivity index (χ1) is 14.7. The van der Waals surface area contributed by atoms with E-state index in [-0.39, 0.29) is 11.8 Å². The van der Waals surface area contributed by atoms with Gasteiger partial charge in [0.05, 0.1) is 17.3 Å². The number of hydrogen-bond donors (Lipinski definition) is 1. The molecule has 0 bridgehead atoms. The first-order valence-electron chi connectivity index (χ1n) is 9.85. The van der Waals surface area contributed by atoms with Gasteiger partial charge in [0.15, 0.2) is 0 Å². The van der Waals surface area contributed by atoms with E-state index < -0.39 is 22.5 Å².